The molecule has 2 rings (SSSR count). The number of hydrogen-bond donors (Lipinski definition) is 1. The first-order valence-corrected chi connectivity index (χ1v) is 6.30. The molecular weight excluding hydrogens is 318 g/mol. The van der Waals surface area contributed by atoms with Crippen LogP contribution in [0.3, 0.4) is 0 Å². The van der Waals surface area contributed by atoms with Crippen molar-refractivity contribution < 1.29 is 9.21 Å². The number of carbonyl (C=O) groups excluding carboxylic acids is 1. The summed E-state index contributed by atoms with van der Waals surface area (Å²) in [5, 5.41) is 3.16. The molecule has 0 spiro atoms. The molecule has 0 bridgehead atoms. The van der Waals surface area contributed by atoms with Gasteiger partial charge in [-0.25, -0.2) is 0 Å². The predicted molar refractivity (Wildman–Crippen MR) is 75.5 cm³/mol. The van der Waals surface area contributed by atoms with Gasteiger partial charge < -0.3 is 9.73 Å². The Morgan fingerprint density at radius 3 is 2.89 bits per heavy atom. The van der Waals surface area contributed by atoms with E-state index < -0.39 is 0 Å². The van der Waals surface area contributed by atoms with Gasteiger partial charge in [0, 0.05) is 10.5 Å². The zero-order valence-electron chi connectivity index (χ0n) is 9.19. The van der Waals surface area contributed by atoms with Crippen LogP contribution in [0.5, 0.6) is 0 Å². The van der Waals surface area contributed by atoms with E-state index in [0.29, 0.717) is 16.5 Å². The summed E-state index contributed by atoms with van der Waals surface area (Å²) < 4.78 is 5.93. The predicted octanol–water partition coefficient (Wildman–Crippen LogP) is 4.35. The average molecular weight is 327 g/mol. The number of hydrogen-bond acceptors (Lipinski definition) is 2. The Morgan fingerprint density at radius 1 is 1.39 bits per heavy atom. The second-order valence-electron chi connectivity index (χ2n) is 3.46. The third-order valence-electron chi connectivity index (χ3n) is 2.13. The van der Waals surface area contributed by atoms with Crippen molar-refractivity contribution in [3.8, 4) is 0 Å². The molecule has 0 atom stereocenters. The summed E-state index contributed by atoms with van der Waals surface area (Å²) in [5.41, 5.74) is 0.564. The van der Waals surface area contributed by atoms with Crippen molar-refractivity contribution in [1.29, 1.82) is 0 Å². The van der Waals surface area contributed by atoms with Gasteiger partial charge >= 0.3 is 0 Å². The van der Waals surface area contributed by atoms with Crippen LogP contribution in [-0.4, -0.2) is 5.91 Å². The molecule has 1 N–H and O–H groups in total. The van der Waals surface area contributed by atoms with Crippen LogP contribution in [0.25, 0.3) is 6.08 Å². The minimum absolute atomic E-state index is 0.268. The van der Waals surface area contributed by atoms with Gasteiger partial charge in [0.15, 0.2) is 0 Å². The molecule has 5 heteroatoms. The minimum atomic E-state index is -0.268. The molecule has 2 aromatic rings. The molecule has 0 radical (unpaired) electrons. The normalized spacial score (nSPS) is 10.8. The smallest absolute Gasteiger partial charge is 0.248 e. The van der Waals surface area contributed by atoms with Gasteiger partial charge in [0.05, 0.1) is 17.0 Å². The number of carbonyl (C=O) groups is 1. The average Bonchev–Trinajstić information content (AvgIpc) is 2.83. The van der Waals surface area contributed by atoms with Crippen molar-refractivity contribution in [3.63, 3.8) is 0 Å². The number of halogens is 2. The molecule has 0 aliphatic rings. The Morgan fingerprint density at radius 2 is 2.22 bits per heavy atom. The molecule has 1 aromatic carbocycles. The maximum atomic E-state index is 11.6. The van der Waals surface area contributed by atoms with E-state index in [1.807, 2.05) is 0 Å². The van der Waals surface area contributed by atoms with Crippen LogP contribution in [-0.2, 0) is 4.79 Å². The maximum absolute atomic E-state index is 11.6. The summed E-state index contributed by atoms with van der Waals surface area (Å²) in [4.78, 5) is 11.6. The minimum Gasteiger partial charge on any atom is -0.465 e. The molecule has 0 unspecified atom stereocenters. The summed E-state index contributed by atoms with van der Waals surface area (Å²) in [7, 11) is 0. The SMILES string of the molecule is O=C(/C=C/c1ccco1)Nc1ccc(Br)cc1Cl. The fraction of sp³-hybridized carbons (Fsp3) is 0. The number of benzene rings is 1. The van der Waals surface area contributed by atoms with Crippen LogP contribution in [0, 0.1) is 0 Å². The van der Waals surface area contributed by atoms with Gasteiger partial charge in [0.25, 0.3) is 0 Å². The Kier molecular flexibility index (Phi) is 4.23. The summed E-state index contributed by atoms with van der Waals surface area (Å²) in [6.45, 7) is 0. The van der Waals surface area contributed by atoms with Crippen LogP contribution < -0.4 is 5.32 Å². The summed E-state index contributed by atoms with van der Waals surface area (Å²) >= 11 is 9.28. The van der Waals surface area contributed by atoms with Crippen molar-refractivity contribution in [3.05, 3.63) is 57.9 Å². The van der Waals surface area contributed by atoms with E-state index >= 15 is 0 Å². The third-order valence-corrected chi connectivity index (χ3v) is 2.94. The van der Waals surface area contributed by atoms with E-state index in [-0.39, 0.29) is 5.91 Å². The van der Waals surface area contributed by atoms with Crippen LogP contribution in [0.1, 0.15) is 5.76 Å². The Bertz CT molecular complexity index is 579. The number of nitrogens with one attached hydrogen (secondary N) is 1. The molecule has 0 saturated carbocycles. The largest absolute Gasteiger partial charge is 0.465 e. The van der Waals surface area contributed by atoms with E-state index in [4.69, 9.17) is 16.0 Å². The van der Waals surface area contributed by atoms with Gasteiger partial charge in [0.1, 0.15) is 5.76 Å². The Balaban J connectivity index is 2.03. The summed E-state index contributed by atoms with van der Waals surface area (Å²) in [5.74, 6) is 0.350. The van der Waals surface area contributed by atoms with Gasteiger partial charge in [0.2, 0.25) is 5.91 Å². The highest BCUT2D eigenvalue weighted by molar-refractivity contribution is 9.10. The van der Waals surface area contributed by atoms with Gasteiger partial charge in [-0.1, -0.05) is 27.5 Å². The summed E-state index contributed by atoms with van der Waals surface area (Å²) in [6, 6.07) is 8.76. The highest BCUT2D eigenvalue weighted by Gasteiger charge is 2.03. The lowest BCUT2D eigenvalue weighted by atomic mass is 10.3. The van der Waals surface area contributed by atoms with Crippen molar-refractivity contribution in [2.75, 3.05) is 5.32 Å². The van der Waals surface area contributed by atoms with E-state index in [1.165, 1.54) is 6.08 Å². The van der Waals surface area contributed by atoms with Crippen molar-refractivity contribution in [2.24, 2.45) is 0 Å². The number of anilines is 1. The number of furan rings is 1. The van der Waals surface area contributed by atoms with E-state index in [1.54, 1.807) is 42.7 Å². The molecule has 92 valence electrons. The fourth-order valence-electron chi connectivity index (χ4n) is 1.31. The molecule has 0 aliphatic heterocycles. The lowest BCUT2D eigenvalue weighted by Crippen LogP contribution is -2.07. The van der Waals surface area contributed by atoms with Gasteiger partial charge in [-0.15, -0.1) is 0 Å². The first kappa shape index (κ1) is 12.9. The fourth-order valence-corrected chi connectivity index (χ4v) is 2.03. The molecule has 0 aliphatic carbocycles. The maximum Gasteiger partial charge on any atom is 0.248 e. The van der Waals surface area contributed by atoms with Crippen molar-refractivity contribution >= 4 is 45.2 Å². The van der Waals surface area contributed by atoms with Crippen LogP contribution in [0.15, 0.2) is 51.6 Å². The van der Waals surface area contributed by atoms with E-state index in [2.05, 4.69) is 21.2 Å². The lowest BCUT2D eigenvalue weighted by molar-refractivity contribution is -0.111. The van der Waals surface area contributed by atoms with Crippen LogP contribution in [0.4, 0.5) is 5.69 Å². The van der Waals surface area contributed by atoms with E-state index in [9.17, 15) is 4.79 Å². The molecule has 3 nitrogen and oxygen atoms in total. The first-order chi connectivity index (χ1) is 8.65. The van der Waals surface area contributed by atoms with Gasteiger partial charge in [-0.05, 0) is 36.4 Å². The molecule has 1 amide bonds. The highest BCUT2D eigenvalue weighted by Crippen LogP contribution is 2.25. The first-order valence-electron chi connectivity index (χ1n) is 5.13. The second-order valence-corrected chi connectivity index (χ2v) is 4.79. The highest BCUT2D eigenvalue weighted by atomic mass is 79.9. The quantitative estimate of drug-likeness (QED) is 0.852. The Labute approximate surface area is 118 Å². The molecule has 1 heterocycles. The molecule has 1 aromatic heterocycles. The summed E-state index contributed by atoms with van der Waals surface area (Å²) in [6.07, 6.45) is 4.52. The monoisotopic (exact) mass is 325 g/mol. The van der Waals surface area contributed by atoms with Crippen LogP contribution >= 0.6 is 27.5 Å². The number of amides is 1. The van der Waals surface area contributed by atoms with Crippen molar-refractivity contribution in [1.82, 2.24) is 0 Å². The number of rotatable bonds is 3. The Hall–Kier alpha value is -1.52. The van der Waals surface area contributed by atoms with Crippen LogP contribution in [0.2, 0.25) is 5.02 Å². The second kappa shape index (κ2) is 5.89. The zero-order valence-corrected chi connectivity index (χ0v) is 11.5. The molecule has 0 saturated heterocycles. The lowest BCUT2D eigenvalue weighted by Gasteiger charge is -2.04. The standard InChI is InChI=1S/C13H9BrClNO2/c14-9-3-5-12(11(15)8-9)16-13(17)6-4-10-2-1-7-18-10/h1-8H,(H,16,17)/b6-4+. The molecular formula is C13H9BrClNO2. The molecule has 0 fully saturated rings. The van der Waals surface area contributed by atoms with Gasteiger partial charge in [-0.2, -0.15) is 0 Å². The molecule has 18 heavy (non-hydrogen) atoms. The van der Waals surface area contributed by atoms with Crippen molar-refractivity contribution in [2.45, 2.75) is 0 Å². The third kappa shape index (κ3) is 3.48. The van der Waals surface area contributed by atoms with Gasteiger partial charge in [-0.3, -0.25) is 4.79 Å². The topological polar surface area (TPSA) is 42.2 Å². The van der Waals surface area contributed by atoms with E-state index in [0.717, 1.165) is 4.47 Å². The zero-order chi connectivity index (χ0) is 13.0.